The van der Waals surface area contributed by atoms with Gasteiger partial charge in [-0.05, 0) is 38.3 Å². The van der Waals surface area contributed by atoms with E-state index in [0.29, 0.717) is 17.7 Å². The molecule has 1 saturated carbocycles. The lowest BCUT2D eigenvalue weighted by molar-refractivity contribution is 0.522. The van der Waals surface area contributed by atoms with Gasteiger partial charge in [0.2, 0.25) is 0 Å². The Labute approximate surface area is 121 Å². The number of nitriles is 1. The predicted molar refractivity (Wildman–Crippen MR) is 79.1 cm³/mol. The molecule has 1 fully saturated rings. The Balaban J connectivity index is 2.54. The number of nitrogens with zero attached hydrogens (tertiary/aromatic N) is 1. The highest BCUT2D eigenvalue weighted by molar-refractivity contribution is 7.93. The Kier molecular flexibility index (Phi) is 4.19. The molecule has 0 atom stereocenters. The third-order valence-electron chi connectivity index (χ3n) is 4.25. The molecule has 1 aromatic rings. The van der Waals surface area contributed by atoms with Gasteiger partial charge in [0.1, 0.15) is 0 Å². The van der Waals surface area contributed by atoms with Crippen molar-refractivity contribution in [3.8, 4) is 6.07 Å². The first-order valence-corrected chi connectivity index (χ1v) is 8.64. The Hall–Kier alpha value is -1.34. The minimum atomic E-state index is -3.61. The second-order valence-corrected chi connectivity index (χ2v) is 8.02. The Bertz CT molecular complexity index is 633. The maximum atomic E-state index is 13.0. The zero-order chi connectivity index (χ0) is 14.8. The van der Waals surface area contributed by atoms with Crippen molar-refractivity contribution in [1.29, 1.82) is 5.26 Å². The molecule has 1 aliphatic carbocycles. The fourth-order valence-corrected chi connectivity index (χ4v) is 5.15. The lowest BCUT2D eigenvalue weighted by atomic mass is 10.0. The summed E-state index contributed by atoms with van der Waals surface area (Å²) in [5.74, 6) is 0. The number of benzene rings is 1. The molecule has 0 spiro atoms. The fraction of sp³-hybridized carbons (Fsp3) is 0.562. The van der Waals surface area contributed by atoms with Gasteiger partial charge < -0.3 is 0 Å². The van der Waals surface area contributed by atoms with Gasteiger partial charge in [0.25, 0.3) is 0 Å². The van der Waals surface area contributed by atoms with Gasteiger partial charge in [0.05, 0.1) is 11.0 Å². The third kappa shape index (κ3) is 2.47. The molecule has 0 aliphatic heterocycles. The lowest BCUT2D eigenvalue weighted by Crippen LogP contribution is -2.37. The molecular weight excluding hydrogens is 270 g/mol. The van der Waals surface area contributed by atoms with Crippen LogP contribution in [0.5, 0.6) is 0 Å². The van der Waals surface area contributed by atoms with Crippen molar-refractivity contribution in [2.24, 2.45) is 0 Å². The van der Waals surface area contributed by atoms with Crippen molar-refractivity contribution in [2.75, 3.05) is 0 Å². The normalized spacial score (nSPS) is 19.1. The minimum Gasteiger partial charge on any atom is -0.222 e. The summed E-state index contributed by atoms with van der Waals surface area (Å²) < 4.78 is 24.8. The lowest BCUT2D eigenvalue weighted by Gasteiger charge is -2.25. The molecule has 3 nitrogen and oxygen atoms in total. The van der Waals surface area contributed by atoms with E-state index in [1.807, 2.05) is 26.0 Å². The monoisotopic (exact) mass is 291 g/mol. The SMILES string of the molecule is Cc1ccc(S(=O)(=O)C2(C#N)CCCCCC2)c(C)c1. The van der Waals surface area contributed by atoms with Crippen LogP contribution in [-0.2, 0) is 9.84 Å². The van der Waals surface area contributed by atoms with Crippen LogP contribution in [0.25, 0.3) is 0 Å². The van der Waals surface area contributed by atoms with Crippen LogP contribution in [0.3, 0.4) is 0 Å². The number of hydrogen-bond acceptors (Lipinski definition) is 3. The fourth-order valence-electron chi connectivity index (χ4n) is 3.05. The molecule has 0 N–H and O–H groups in total. The zero-order valence-electron chi connectivity index (χ0n) is 12.1. The van der Waals surface area contributed by atoms with Gasteiger partial charge in [-0.1, -0.05) is 43.4 Å². The molecule has 0 saturated heterocycles. The van der Waals surface area contributed by atoms with E-state index >= 15 is 0 Å². The van der Waals surface area contributed by atoms with Gasteiger partial charge in [-0.2, -0.15) is 5.26 Å². The van der Waals surface area contributed by atoms with Gasteiger partial charge >= 0.3 is 0 Å². The number of sulfone groups is 1. The molecule has 4 heteroatoms. The first kappa shape index (κ1) is 15.1. The highest BCUT2D eigenvalue weighted by Gasteiger charge is 2.45. The number of rotatable bonds is 2. The van der Waals surface area contributed by atoms with Gasteiger partial charge in [-0.3, -0.25) is 0 Å². The van der Waals surface area contributed by atoms with Crippen LogP contribution in [0.2, 0.25) is 0 Å². The molecule has 0 aromatic heterocycles. The van der Waals surface area contributed by atoms with Gasteiger partial charge in [-0.25, -0.2) is 8.42 Å². The highest BCUT2D eigenvalue weighted by atomic mass is 32.2. The number of hydrogen-bond donors (Lipinski definition) is 0. The second-order valence-electron chi connectivity index (χ2n) is 5.79. The molecule has 1 aromatic carbocycles. The second kappa shape index (κ2) is 5.57. The minimum absolute atomic E-state index is 0.326. The maximum absolute atomic E-state index is 13.0. The summed E-state index contributed by atoms with van der Waals surface area (Å²) in [5, 5.41) is 9.58. The standard InChI is InChI=1S/C16H21NO2S/c1-13-7-8-15(14(2)11-13)20(18,19)16(12-17)9-5-3-4-6-10-16/h7-8,11H,3-6,9-10H2,1-2H3. The molecule has 0 heterocycles. The summed E-state index contributed by atoms with van der Waals surface area (Å²) in [6, 6.07) is 7.48. The van der Waals surface area contributed by atoms with Crippen molar-refractivity contribution in [3.63, 3.8) is 0 Å². The van der Waals surface area contributed by atoms with Crippen molar-refractivity contribution in [1.82, 2.24) is 0 Å². The average Bonchev–Trinajstić information content (AvgIpc) is 2.64. The van der Waals surface area contributed by atoms with E-state index in [1.54, 1.807) is 6.07 Å². The van der Waals surface area contributed by atoms with Crippen LogP contribution in [0, 0.1) is 25.2 Å². The van der Waals surface area contributed by atoms with E-state index in [4.69, 9.17) is 0 Å². The van der Waals surface area contributed by atoms with Crippen molar-refractivity contribution in [3.05, 3.63) is 29.3 Å². The Morgan fingerprint density at radius 1 is 1.10 bits per heavy atom. The molecular formula is C16H21NO2S. The summed E-state index contributed by atoms with van der Waals surface area (Å²) in [5.41, 5.74) is 1.78. The topological polar surface area (TPSA) is 57.9 Å². The molecule has 0 unspecified atom stereocenters. The van der Waals surface area contributed by atoms with Crippen LogP contribution in [0.1, 0.15) is 49.7 Å². The van der Waals surface area contributed by atoms with Crippen LogP contribution in [0.4, 0.5) is 0 Å². The van der Waals surface area contributed by atoms with Crippen LogP contribution >= 0.6 is 0 Å². The molecule has 0 amide bonds. The molecule has 108 valence electrons. The summed E-state index contributed by atoms with van der Waals surface area (Å²) >= 11 is 0. The van der Waals surface area contributed by atoms with Gasteiger partial charge in [-0.15, -0.1) is 0 Å². The summed E-state index contributed by atoms with van der Waals surface area (Å²) in [6.07, 6.45) is 4.59. The van der Waals surface area contributed by atoms with Crippen LogP contribution in [-0.4, -0.2) is 13.2 Å². The van der Waals surface area contributed by atoms with Crippen LogP contribution in [0.15, 0.2) is 23.1 Å². The summed E-state index contributed by atoms with van der Waals surface area (Å²) in [6.45, 7) is 3.75. The van der Waals surface area contributed by atoms with Crippen molar-refractivity contribution < 1.29 is 8.42 Å². The largest absolute Gasteiger partial charge is 0.222 e. The molecule has 0 bridgehead atoms. The summed E-state index contributed by atoms with van der Waals surface area (Å²) in [7, 11) is -3.61. The quantitative estimate of drug-likeness (QED) is 0.781. The highest BCUT2D eigenvalue weighted by Crippen LogP contribution is 2.38. The van der Waals surface area contributed by atoms with E-state index in [9.17, 15) is 13.7 Å². The van der Waals surface area contributed by atoms with Crippen LogP contribution < -0.4 is 0 Å². The first-order valence-electron chi connectivity index (χ1n) is 7.16. The maximum Gasteiger partial charge on any atom is 0.197 e. The first-order chi connectivity index (χ1) is 9.43. The van der Waals surface area contributed by atoms with E-state index in [2.05, 4.69) is 6.07 Å². The smallest absolute Gasteiger partial charge is 0.197 e. The Morgan fingerprint density at radius 3 is 2.20 bits per heavy atom. The average molecular weight is 291 g/mol. The Morgan fingerprint density at radius 2 is 1.70 bits per heavy atom. The third-order valence-corrected chi connectivity index (χ3v) is 6.81. The molecule has 20 heavy (non-hydrogen) atoms. The number of aryl methyl sites for hydroxylation is 2. The van der Waals surface area contributed by atoms with Gasteiger partial charge in [0, 0.05) is 0 Å². The van der Waals surface area contributed by atoms with Crippen molar-refractivity contribution >= 4 is 9.84 Å². The van der Waals surface area contributed by atoms with E-state index in [0.717, 1.165) is 36.8 Å². The summed E-state index contributed by atoms with van der Waals surface area (Å²) in [4.78, 5) is 0.326. The molecule has 2 rings (SSSR count). The molecule has 0 radical (unpaired) electrons. The van der Waals surface area contributed by atoms with E-state index in [1.165, 1.54) is 0 Å². The molecule has 1 aliphatic rings. The zero-order valence-corrected chi connectivity index (χ0v) is 13.0. The van der Waals surface area contributed by atoms with Crippen molar-refractivity contribution in [2.45, 2.75) is 62.0 Å². The van der Waals surface area contributed by atoms with E-state index < -0.39 is 14.6 Å². The van der Waals surface area contributed by atoms with Gasteiger partial charge in [0.15, 0.2) is 14.6 Å². The predicted octanol–water partition coefficient (Wildman–Crippen LogP) is 3.69. The van der Waals surface area contributed by atoms with E-state index in [-0.39, 0.29) is 0 Å².